The third-order valence-electron chi connectivity index (χ3n) is 5.08. The van der Waals surface area contributed by atoms with Crippen molar-refractivity contribution >= 4 is 27.9 Å². The number of nitrogens with one attached hydrogen (secondary N) is 2. The van der Waals surface area contributed by atoms with Crippen LogP contribution in [0.5, 0.6) is 0 Å². The van der Waals surface area contributed by atoms with Gasteiger partial charge in [-0.05, 0) is 44.4 Å². The molecule has 0 spiro atoms. The fourth-order valence-electron chi connectivity index (χ4n) is 3.59. The summed E-state index contributed by atoms with van der Waals surface area (Å²) in [5, 5.41) is 8.93. The van der Waals surface area contributed by atoms with Crippen molar-refractivity contribution in [3.05, 3.63) is 53.3 Å². The maximum Gasteiger partial charge on any atom is 0.193 e. The third kappa shape index (κ3) is 4.30. The van der Waals surface area contributed by atoms with Crippen molar-refractivity contribution in [3.63, 3.8) is 0 Å². The van der Waals surface area contributed by atoms with Gasteiger partial charge in [0.05, 0.1) is 18.3 Å². The summed E-state index contributed by atoms with van der Waals surface area (Å²) in [6, 6.07) is 9.03. The van der Waals surface area contributed by atoms with Crippen molar-refractivity contribution in [1.29, 1.82) is 0 Å². The van der Waals surface area contributed by atoms with Crippen LogP contribution in [0.1, 0.15) is 44.0 Å². The molecule has 1 aliphatic heterocycles. The molecule has 3 heterocycles. The lowest BCUT2D eigenvalue weighted by Crippen LogP contribution is -2.38. The van der Waals surface area contributed by atoms with Gasteiger partial charge < -0.3 is 15.5 Å². The van der Waals surface area contributed by atoms with E-state index in [4.69, 9.17) is 4.99 Å². The van der Waals surface area contributed by atoms with Gasteiger partial charge in [0, 0.05) is 43.1 Å². The minimum absolute atomic E-state index is 0.172. The highest BCUT2D eigenvalue weighted by molar-refractivity contribution is 7.15. The predicted molar refractivity (Wildman–Crippen MR) is 117 cm³/mol. The number of fused-ring (bicyclic) bond motifs is 1. The first-order valence-corrected chi connectivity index (χ1v) is 10.9. The maximum absolute atomic E-state index is 4.74. The summed E-state index contributed by atoms with van der Waals surface area (Å²) in [6.07, 6.45) is 6.66. The molecule has 0 radical (unpaired) electrons. The molecule has 0 aliphatic carbocycles. The molecule has 3 aromatic rings. The number of aliphatic imine (C=N–C) groups is 1. The summed E-state index contributed by atoms with van der Waals surface area (Å²) >= 11 is 1.64. The van der Waals surface area contributed by atoms with E-state index in [2.05, 4.69) is 58.6 Å². The van der Waals surface area contributed by atoms with Crippen LogP contribution in [0.15, 0.2) is 47.0 Å². The molecule has 0 bridgehead atoms. The Kier molecular flexibility index (Phi) is 5.81. The zero-order chi connectivity index (χ0) is 19.3. The topological polar surface area (TPSA) is 57.0 Å². The van der Waals surface area contributed by atoms with E-state index >= 15 is 0 Å². The van der Waals surface area contributed by atoms with Crippen LogP contribution in [-0.2, 0) is 6.54 Å². The largest absolute Gasteiger partial charge is 0.372 e. The molecule has 28 heavy (non-hydrogen) atoms. The molecule has 4 rings (SSSR count). The standard InChI is InChI=1S/C21H28N6S/c1-3-22-20(23-14-18-15-27-11-12-28-21(27)25-18)24-16(2)17-7-6-8-19(13-17)26-9-4-5-10-26/h6-8,11-13,15-16H,3-5,9-10,14H2,1-2H3,(H2,22,23,24). The molecule has 7 heteroatoms. The molecule has 1 fully saturated rings. The Morgan fingerprint density at radius 1 is 1.32 bits per heavy atom. The van der Waals surface area contributed by atoms with Crippen molar-refractivity contribution < 1.29 is 0 Å². The highest BCUT2D eigenvalue weighted by Gasteiger charge is 2.14. The highest BCUT2D eigenvalue weighted by Crippen LogP contribution is 2.24. The summed E-state index contributed by atoms with van der Waals surface area (Å²) in [5.41, 5.74) is 3.58. The Balaban J connectivity index is 1.44. The van der Waals surface area contributed by atoms with Crippen LogP contribution < -0.4 is 15.5 Å². The molecule has 2 N–H and O–H groups in total. The number of hydrogen-bond acceptors (Lipinski definition) is 4. The number of aromatic nitrogens is 2. The number of benzene rings is 1. The number of thiazole rings is 1. The smallest absolute Gasteiger partial charge is 0.193 e. The van der Waals surface area contributed by atoms with Crippen molar-refractivity contribution in [1.82, 2.24) is 20.0 Å². The predicted octanol–water partition coefficient (Wildman–Crippen LogP) is 3.81. The molecule has 6 nitrogen and oxygen atoms in total. The van der Waals surface area contributed by atoms with E-state index < -0.39 is 0 Å². The molecular formula is C21H28N6S. The minimum Gasteiger partial charge on any atom is -0.372 e. The molecule has 1 aromatic carbocycles. The second-order valence-electron chi connectivity index (χ2n) is 7.18. The van der Waals surface area contributed by atoms with E-state index in [1.54, 1.807) is 11.3 Å². The van der Waals surface area contributed by atoms with Gasteiger partial charge in [-0.3, -0.25) is 4.40 Å². The second kappa shape index (κ2) is 8.65. The Hall–Kier alpha value is -2.54. The van der Waals surface area contributed by atoms with E-state index in [1.807, 2.05) is 22.2 Å². The molecule has 1 saturated heterocycles. The molecule has 0 amide bonds. The first-order valence-electron chi connectivity index (χ1n) is 10.0. The number of anilines is 1. The molecule has 0 saturated carbocycles. The highest BCUT2D eigenvalue weighted by atomic mass is 32.1. The number of imidazole rings is 1. The van der Waals surface area contributed by atoms with E-state index in [0.717, 1.165) is 36.2 Å². The summed E-state index contributed by atoms with van der Waals surface area (Å²) in [4.78, 5) is 12.8. The van der Waals surface area contributed by atoms with Crippen LogP contribution in [0.3, 0.4) is 0 Å². The van der Waals surface area contributed by atoms with Crippen LogP contribution in [0.2, 0.25) is 0 Å². The average molecular weight is 397 g/mol. The molecule has 1 aliphatic rings. The molecule has 1 atom stereocenters. The van der Waals surface area contributed by atoms with Crippen LogP contribution in [0, 0.1) is 0 Å². The van der Waals surface area contributed by atoms with Gasteiger partial charge in [0.1, 0.15) is 0 Å². The first-order chi connectivity index (χ1) is 13.7. The first kappa shape index (κ1) is 18.8. The van der Waals surface area contributed by atoms with Crippen LogP contribution in [0.25, 0.3) is 4.96 Å². The van der Waals surface area contributed by atoms with Crippen molar-refractivity contribution in [2.45, 2.75) is 39.3 Å². The lowest BCUT2D eigenvalue weighted by atomic mass is 10.1. The van der Waals surface area contributed by atoms with Gasteiger partial charge in [0.25, 0.3) is 0 Å². The minimum atomic E-state index is 0.172. The van der Waals surface area contributed by atoms with Gasteiger partial charge in [0.15, 0.2) is 10.9 Å². The summed E-state index contributed by atoms with van der Waals surface area (Å²) in [6.45, 7) is 7.98. The summed E-state index contributed by atoms with van der Waals surface area (Å²) < 4.78 is 2.04. The Morgan fingerprint density at radius 3 is 2.96 bits per heavy atom. The summed E-state index contributed by atoms with van der Waals surface area (Å²) in [5.74, 6) is 0.818. The molecule has 1 unspecified atom stereocenters. The lowest BCUT2D eigenvalue weighted by molar-refractivity contribution is 0.685. The number of hydrogen-bond donors (Lipinski definition) is 2. The Bertz CT molecular complexity index is 909. The van der Waals surface area contributed by atoms with Crippen molar-refractivity contribution in [2.24, 2.45) is 4.99 Å². The van der Waals surface area contributed by atoms with Crippen LogP contribution in [-0.4, -0.2) is 35.0 Å². The number of rotatable bonds is 6. The van der Waals surface area contributed by atoms with Gasteiger partial charge in [-0.15, -0.1) is 11.3 Å². The zero-order valence-electron chi connectivity index (χ0n) is 16.6. The van der Waals surface area contributed by atoms with Crippen LogP contribution >= 0.6 is 11.3 Å². The normalized spacial score (nSPS) is 15.9. The molecule has 2 aromatic heterocycles. The van der Waals surface area contributed by atoms with Crippen LogP contribution in [0.4, 0.5) is 5.69 Å². The van der Waals surface area contributed by atoms with Gasteiger partial charge in [-0.2, -0.15) is 0 Å². The van der Waals surface area contributed by atoms with Gasteiger partial charge in [-0.1, -0.05) is 12.1 Å². The fraction of sp³-hybridized carbons (Fsp3) is 0.429. The van der Waals surface area contributed by atoms with Gasteiger partial charge in [-0.25, -0.2) is 9.98 Å². The quantitative estimate of drug-likeness (QED) is 0.491. The number of nitrogens with zero attached hydrogens (tertiary/aromatic N) is 4. The van der Waals surface area contributed by atoms with E-state index in [-0.39, 0.29) is 6.04 Å². The van der Waals surface area contributed by atoms with Crippen molar-refractivity contribution in [3.8, 4) is 0 Å². The number of guanidine groups is 1. The Morgan fingerprint density at radius 2 is 2.18 bits per heavy atom. The zero-order valence-corrected chi connectivity index (χ0v) is 17.4. The third-order valence-corrected chi connectivity index (χ3v) is 5.85. The van der Waals surface area contributed by atoms with Crippen molar-refractivity contribution in [2.75, 3.05) is 24.5 Å². The second-order valence-corrected chi connectivity index (χ2v) is 8.05. The van der Waals surface area contributed by atoms with E-state index in [9.17, 15) is 0 Å². The molecular weight excluding hydrogens is 368 g/mol. The van der Waals surface area contributed by atoms with Gasteiger partial charge in [0.2, 0.25) is 0 Å². The lowest BCUT2D eigenvalue weighted by Gasteiger charge is -2.22. The Labute approximate surface area is 170 Å². The van der Waals surface area contributed by atoms with E-state index in [1.165, 1.54) is 24.1 Å². The SMILES string of the molecule is CCNC(=NCc1cn2ccsc2n1)NC(C)c1cccc(N2CCCC2)c1. The summed E-state index contributed by atoms with van der Waals surface area (Å²) in [7, 11) is 0. The molecule has 148 valence electrons. The monoisotopic (exact) mass is 396 g/mol. The maximum atomic E-state index is 4.74. The average Bonchev–Trinajstić information content (AvgIpc) is 3.43. The van der Waals surface area contributed by atoms with Gasteiger partial charge >= 0.3 is 0 Å². The fourth-order valence-corrected chi connectivity index (χ4v) is 4.31. The van der Waals surface area contributed by atoms with E-state index in [0.29, 0.717) is 6.54 Å².